The molecule has 1 heterocycles. The molecular weight excluding hydrogens is 320 g/mol. The third-order valence-electron chi connectivity index (χ3n) is 4.47. The maximum Gasteiger partial charge on any atom is 0.328 e. The summed E-state index contributed by atoms with van der Waals surface area (Å²) in [6.45, 7) is 4.28. The van der Waals surface area contributed by atoms with Crippen molar-refractivity contribution >= 4 is 17.8 Å². The Balaban J connectivity index is 2.05. The van der Waals surface area contributed by atoms with Gasteiger partial charge in [-0.1, -0.05) is 44.2 Å². The average molecular weight is 346 g/mol. The van der Waals surface area contributed by atoms with E-state index in [2.05, 4.69) is 5.32 Å². The summed E-state index contributed by atoms with van der Waals surface area (Å²) in [5.41, 5.74) is 0.892. The monoisotopic (exact) mass is 346 g/mol. The highest BCUT2D eigenvalue weighted by Crippen LogP contribution is 2.21. The van der Waals surface area contributed by atoms with Crippen LogP contribution < -0.4 is 5.32 Å². The summed E-state index contributed by atoms with van der Waals surface area (Å²) in [5, 5.41) is 2.84. The van der Waals surface area contributed by atoms with E-state index in [4.69, 9.17) is 4.74 Å². The predicted octanol–water partition coefficient (Wildman–Crippen LogP) is 1.53. The summed E-state index contributed by atoms with van der Waals surface area (Å²) in [6, 6.07) is 8.19. The Hall–Kier alpha value is -2.37. The van der Waals surface area contributed by atoms with Crippen LogP contribution in [0.1, 0.15) is 32.3 Å². The molecule has 2 amide bonds. The Morgan fingerprint density at radius 3 is 2.52 bits per heavy atom. The second-order valence-electron chi connectivity index (χ2n) is 6.66. The molecular formula is C19H26N2O4. The Kier molecular flexibility index (Phi) is 6.56. The van der Waals surface area contributed by atoms with Crippen molar-refractivity contribution in [3.05, 3.63) is 35.9 Å². The smallest absolute Gasteiger partial charge is 0.328 e. The minimum absolute atomic E-state index is 0.0777. The van der Waals surface area contributed by atoms with Gasteiger partial charge in [0.05, 0.1) is 13.5 Å². The van der Waals surface area contributed by atoms with Crippen LogP contribution in [0.2, 0.25) is 0 Å². The van der Waals surface area contributed by atoms with Crippen LogP contribution in [-0.4, -0.2) is 48.4 Å². The fourth-order valence-corrected chi connectivity index (χ4v) is 3.11. The van der Waals surface area contributed by atoms with E-state index < -0.39 is 18.1 Å². The third kappa shape index (κ3) is 4.81. The lowest BCUT2D eigenvalue weighted by Gasteiger charge is -2.29. The van der Waals surface area contributed by atoms with E-state index in [1.54, 1.807) is 4.90 Å². The Morgan fingerprint density at radius 1 is 1.24 bits per heavy atom. The van der Waals surface area contributed by atoms with Gasteiger partial charge in [0.15, 0.2) is 0 Å². The molecule has 136 valence electrons. The first kappa shape index (κ1) is 19.0. The molecule has 1 aliphatic heterocycles. The Morgan fingerprint density at radius 2 is 1.92 bits per heavy atom. The highest BCUT2D eigenvalue weighted by Gasteiger charge is 2.39. The van der Waals surface area contributed by atoms with Crippen molar-refractivity contribution in [3.8, 4) is 0 Å². The normalized spacial score (nSPS) is 18.1. The Bertz CT molecular complexity index is 615. The number of methoxy groups -OCH3 is 1. The van der Waals surface area contributed by atoms with Crippen LogP contribution in [-0.2, 0) is 25.5 Å². The number of esters is 1. The van der Waals surface area contributed by atoms with E-state index in [1.807, 2.05) is 44.2 Å². The van der Waals surface area contributed by atoms with Crippen LogP contribution in [0.25, 0.3) is 0 Å². The number of nitrogens with zero attached hydrogens (tertiary/aromatic N) is 1. The van der Waals surface area contributed by atoms with Crippen molar-refractivity contribution in [2.24, 2.45) is 5.92 Å². The van der Waals surface area contributed by atoms with Crippen molar-refractivity contribution in [2.75, 3.05) is 13.7 Å². The molecule has 0 bridgehead atoms. The number of hydrogen-bond donors (Lipinski definition) is 1. The number of carbonyl (C=O) groups excluding carboxylic acids is 3. The first-order chi connectivity index (χ1) is 11.9. The first-order valence-electron chi connectivity index (χ1n) is 8.65. The largest absolute Gasteiger partial charge is 0.467 e. The second-order valence-corrected chi connectivity index (χ2v) is 6.66. The van der Waals surface area contributed by atoms with Gasteiger partial charge in [0.2, 0.25) is 11.8 Å². The molecule has 0 spiro atoms. The first-order valence-corrected chi connectivity index (χ1v) is 8.65. The fourth-order valence-electron chi connectivity index (χ4n) is 3.11. The van der Waals surface area contributed by atoms with E-state index >= 15 is 0 Å². The zero-order chi connectivity index (χ0) is 18.4. The summed E-state index contributed by atoms with van der Waals surface area (Å²) >= 11 is 0. The van der Waals surface area contributed by atoms with E-state index in [0.29, 0.717) is 13.0 Å². The molecule has 1 saturated heterocycles. The number of amides is 2. The van der Waals surface area contributed by atoms with Gasteiger partial charge in [-0.3, -0.25) is 9.59 Å². The van der Waals surface area contributed by atoms with Crippen LogP contribution in [0.15, 0.2) is 30.3 Å². The molecule has 1 aromatic carbocycles. The molecule has 2 rings (SSSR count). The lowest BCUT2D eigenvalue weighted by atomic mass is 10.0. The Labute approximate surface area is 148 Å². The topological polar surface area (TPSA) is 75.7 Å². The van der Waals surface area contributed by atoms with Crippen LogP contribution in [0, 0.1) is 5.92 Å². The molecule has 0 saturated carbocycles. The molecule has 25 heavy (non-hydrogen) atoms. The van der Waals surface area contributed by atoms with Crippen LogP contribution in [0.3, 0.4) is 0 Å². The maximum absolute atomic E-state index is 12.9. The van der Waals surface area contributed by atoms with Gasteiger partial charge in [0.25, 0.3) is 0 Å². The summed E-state index contributed by atoms with van der Waals surface area (Å²) in [5.74, 6) is -0.897. The van der Waals surface area contributed by atoms with Gasteiger partial charge >= 0.3 is 5.97 Å². The molecule has 0 radical (unpaired) electrons. The average Bonchev–Trinajstić information content (AvgIpc) is 3.08. The van der Waals surface area contributed by atoms with Gasteiger partial charge in [0, 0.05) is 6.54 Å². The highest BCUT2D eigenvalue weighted by molar-refractivity contribution is 5.91. The number of nitrogens with one attached hydrogen (secondary N) is 1. The summed E-state index contributed by atoms with van der Waals surface area (Å²) in [4.78, 5) is 38.7. The van der Waals surface area contributed by atoms with Crippen molar-refractivity contribution in [2.45, 2.75) is 45.2 Å². The number of hydrogen-bond acceptors (Lipinski definition) is 4. The summed E-state index contributed by atoms with van der Waals surface area (Å²) in [7, 11) is 1.32. The van der Waals surface area contributed by atoms with Crippen molar-refractivity contribution < 1.29 is 19.1 Å². The van der Waals surface area contributed by atoms with E-state index in [-0.39, 0.29) is 24.2 Å². The van der Waals surface area contributed by atoms with E-state index in [0.717, 1.165) is 12.0 Å². The lowest BCUT2D eigenvalue weighted by Crippen LogP contribution is -2.54. The maximum atomic E-state index is 12.9. The van der Waals surface area contributed by atoms with Gasteiger partial charge in [-0.2, -0.15) is 0 Å². The number of likely N-dealkylation sites (tertiary alicyclic amines) is 1. The van der Waals surface area contributed by atoms with Crippen LogP contribution >= 0.6 is 0 Å². The zero-order valence-electron chi connectivity index (χ0n) is 15.0. The molecule has 1 aromatic rings. The van der Waals surface area contributed by atoms with Crippen LogP contribution in [0.5, 0.6) is 0 Å². The predicted molar refractivity (Wildman–Crippen MR) is 93.7 cm³/mol. The van der Waals surface area contributed by atoms with Crippen molar-refractivity contribution in [3.63, 3.8) is 0 Å². The second kappa shape index (κ2) is 8.65. The highest BCUT2D eigenvalue weighted by atomic mass is 16.5. The number of ether oxygens (including phenoxy) is 1. The number of rotatable bonds is 6. The van der Waals surface area contributed by atoms with Gasteiger partial charge in [0.1, 0.15) is 12.1 Å². The molecule has 2 atom stereocenters. The van der Waals surface area contributed by atoms with E-state index in [1.165, 1.54) is 7.11 Å². The molecule has 0 aliphatic carbocycles. The molecule has 1 fully saturated rings. The van der Waals surface area contributed by atoms with E-state index in [9.17, 15) is 14.4 Å². The third-order valence-corrected chi connectivity index (χ3v) is 4.47. The minimum atomic E-state index is -0.651. The van der Waals surface area contributed by atoms with Crippen LogP contribution in [0.4, 0.5) is 0 Å². The van der Waals surface area contributed by atoms with Gasteiger partial charge in [-0.25, -0.2) is 4.79 Å². The zero-order valence-corrected chi connectivity index (χ0v) is 15.0. The SMILES string of the molecule is COC(=O)[C@@H]1CCCN1C(=O)C(NC(=O)Cc1ccccc1)C(C)C. The summed E-state index contributed by atoms with van der Waals surface area (Å²) in [6.07, 6.45) is 1.58. The van der Waals surface area contributed by atoms with Gasteiger partial charge in [-0.05, 0) is 24.3 Å². The van der Waals surface area contributed by atoms with Crippen molar-refractivity contribution in [1.29, 1.82) is 0 Å². The van der Waals surface area contributed by atoms with Gasteiger partial charge in [-0.15, -0.1) is 0 Å². The standard InChI is InChI=1S/C19H26N2O4/c1-13(2)17(20-16(22)12-14-8-5-4-6-9-14)18(23)21-11-7-10-15(21)19(24)25-3/h4-6,8-9,13,15,17H,7,10-12H2,1-3H3,(H,20,22)/t15-,17?/m0/s1. The number of benzene rings is 1. The summed E-state index contributed by atoms with van der Waals surface area (Å²) < 4.78 is 4.79. The molecule has 1 N–H and O–H groups in total. The number of carbonyl (C=O) groups is 3. The van der Waals surface area contributed by atoms with Gasteiger partial charge < -0.3 is 15.0 Å². The lowest BCUT2D eigenvalue weighted by molar-refractivity contribution is -0.152. The molecule has 1 aliphatic rings. The molecule has 0 aromatic heterocycles. The van der Waals surface area contributed by atoms with Crippen molar-refractivity contribution in [1.82, 2.24) is 10.2 Å². The fraction of sp³-hybridized carbons (Fsp3) is 0.526. The molecule has 6 heteroatoms. The minimum Gasteiger partial charge on any atom is -0.467 e. The quantitative estimate of drug-likeness (QED) is 0.793. The molecule has 1 unspecified atom stereocenters. The molecule has 6 nitrogen and oxygen atoms in total.